The third kappa shape index (κ3) is 5.28. The molecule has 2 N–H and O–H groups in total. The topological polar surface area (TPSA) is 61.5 Å². The van der Waals surface area contributed by atoms with E-state index in [1.807, 2.05) is 12.1 Å². The SMILES string of the molecule is C#CCOc1ccc(C[C@H](N)C(=O)OCC=C)cc1. The molecule has 0 fully saturated rings. The molecule has 0 aromatic heterocycles. The standard InChI is InChI=1S/C15H17NO3/c1-3-9-18-13-7-5-12(6-8-13)11-14(16)15(17)19-10-4-2/h1,4-8,14H,2,9-11,16H2/t14-/m0/s1. The Morgan fingerprint density at radius 3 is 2.74 bits per heavy atom. The molecule has 0 aliphatic heterocycles. The molecule has 1 aromatic rings. The second-order valence-electron chi connectivity index (χ2n) is 3.87. The van der Waals surface area contributed by atoms with Gasteiger partial charge in [0.1, 0.15) is 25.0 Å². The molecule has 0 aliphatic carbocycles. The molecule has 1 rings (SSSR count). The first kappa shape index (κ1) is 14.8. The van der Waals surface area contributed by atoms with Gasteiger partial charge in [0, 0.05) is 0 Å². The fourth-order valence-electron chi connectivity index (χ4n) is 1.43. The monoisotopic (exact) mass is 259 g/mol. The lowest BCUT2D eigenvalue weighted by molar-refractivity contribution is -0.143. The van der Waals surface area contributed by atoms with Crippen LogP contribution >= 0.6 is 0 Å². The average molecular weight is 259 g/mol. The molecule has 19 heavy (non-hydrogen) atoms. The zero-order valence-electron chi connectivity index (χ0n) is 10.7. The van der Waals surface area contributed by atoms with E-state index in [4.69, 9.17) is 21.6 Å². The minimum atomic E-state index is -0.683. The molecule has 4 nitrogen and oxygen atoms in total. The predicted octanol–water partition coefficient (Wildman–Crippen LogP) is 1.30. The van der Waals surface area contributed by atoms with Gasteiger partial charge in [0.25, 0.3) is 0 Å². The van der Waals surface area contributed by atoms with Crippen LogP contribution in [-0.2, 0) is 16.0 Å². The fraction of sp³-hybridized carbons (Fsp3) is 0.267. The normalized spacial score (nSPS) is 11.2. The van der Waals surface area contributed by atoms with Gasteiger partial charge < -0.3 is 15.2 Å². The summed E-state index contributed by atoms with van der Waals surface area (Å²) in [7, 11) is 0. The number of rotatable bonds is 7. The second-order valence-corrected chi connectivity index (χ2v) is 3.87. The molecular formula is C15H17NO3. The van der Waals surface area contributed by atoms with Crippen molar-refractivity contribution in [1.82, 2.24) is 0 Å². The van der Waals surface area contributed by atoms with Crippen LogP contribution in [0.25, 0.3) is 0 Å². The van der Waals surface area contributed by atoms with Crippen LogP contribution in [0.3, 0.4) is 0 Å². The largest absolute Gasteiger partial charge is 0.481 e. The second kappa shape index (κ2) is 7.96. The number of ether oxygens (including phenoxy) is 2. The van der Waals surface area contributed by atoms with Gasteiger partial charge in [-0.1, -0.05) is 30.7 Å². The molecule has 0 aliphatic rings. The summed E-state index contributed by atoms with van der Waals surface area (Å²) in [6.07, 6.45) is 7.01. The number of hydrogen-bond donors (Lipinski definition) is 1. The lowest BCUT2D eigenvalue weighted by atomic mass is 10.1. The average Bonchev–Trinajstić information content (AvgIpc) is 2.43. The molecule has 1 atom stereocenters. The summed E-state index contributed by atoms with van der Waals surface area (Å²) in [4.78, 5) is 11.5. The van der Waals surface area contributed by atoms with E-state index in [0.717, 1.165) is 5.56 Å². The summed E-state index contributed by atoms with van der Waals surface area (Å²) >= 11 is 0. The Bertz CT molecular complexity index is 459. The minimum absolute atomic E-state index is 0.172. The Labute approximate surface area is 113 Å². The molecule has 0 unspecified atom stereocenters. The van der Waals surface area contributed by atoms with Crippen molar-refractivity contribution in [2.45, 2.75) is 12.5 Å². The van der Waals surface area contributed by atoms with Crippen LogP contribution in [-0.4, -0.2) is 25.2 Å². The van der Waals surface area contributed by atoms with Gasteiger partial charge in [0.2, 0.25) is 0 Å². The quantitative estimate of drug-likeness (QED) is 0.455. The van der Waals surface area contributed by atoms with Crippen molar-refractivity contribution >= 4 is 5.97 Å². The van der Waals surface area contributed by atoms with Gasteiger partial charge in [-0.05, 0) is 24.1 Å². The van der Waals surface area contributed by atoms with Crippen LogP contribution in [0.2, 0.25) is 0 Å². The van der Waals surface area contributed by atoms with E-state index in [1.54, 1.807) is 12.1 Å². The molecule has 0 spiro atoms. The molecule has 100 valence electrons. The Kier molecular flexibility index (Phi) is 6.20. The highest BCUT2D eigenvalue weighted by Crippen LogP contribution is 2.13. The molecule has 0 saturated heterocycles. The van der Waals surface area contributed by atoms with Gasteiger partial charge in [0.05, 0.1) is 0 Å². The highest BCUT2D eigenvalue weighted by molar-refractivity contribution is 5.76. The fourth-order valence-corrected chi connectivity index (χ4v) is 1.43. The molecule has 0 saturated carbocycles. The smallest absolute Gasteiger partial charge is 0.323 e. The Morgan fingerprint density at radius 2 is 2.16 bits per heavy atom. The van der Waals surface area contributed by atoms with Crippen molar-refractivity contribution in [2.75, 3.05) is 13.2 Å². The van der Waals surface area contributed by atoms with Gasteiger partial charge in [-0.2, -0.15) is 0 Å². The maximum absolute atomic E-state index is 11.5. The number of nitrogens with two attached hydrogens (primary N) is 1. The van der Waals surface area contributed by atoms with E-state index in [-0.39, 0.29) is 13.2 Å². The van der Waals surface area contributed by atoms with Crippen LogP contribution < -0.4 is 10.5 Å². The van der Waals surface area contributed by atoms with Crippen molar-refractivity contribution in [1.29, 1.82) is 0 Å². The summed E-state index contributed by atoms with van der Waals surface area (Å²) < 4.78 is 10.1. The maximum atomic E-state index is 11.5. The van der Waals surface area contributed by atoms with Crippen LogP contribution in [0.5, 0.6) is 5.75 Å². The van der Waals surface area contributed by atoms with E-state index in [1.165, 1.54) is 6.08 Å². The summed E-state index contributed by atoms with van der Waals surface area (Å²) in [6.45, 7) is 3.87. The third-order valence-electron chi connectivity index (χ3n) is 2.35. The van der Waals surface area contributed by atoms with Crippen molar-refractivity contribution in [2.24, 2.45) is 5.73 Å². The number of hydrogen-bond acceptors (Lipinski definition) is 4. The Morgan fingerprint density at radius 1 is 1.47 bits per heavy atom. The summed E-state index contributed by atoms with van der Waals surface area (Å²) in [5, 5.41) is 0. The van der Waals surface area contributed by atoms with Crippen molar-refractivity contribution in [3.05, 3.63) is 42.5 Å². The number of esters is 1. The maximum Gasteiger partial charge on any atom is 0.323 e. The Balaban J connectivity index is 2.50. The van der Waals surface area contributed by atoms with E-state index in [9.17, 15) is 4.79 Å². The van der Waals surface area contributed by atoms with Crippen LogP contribution in [0.1, 0.15) is 5.56 Å². The van der Waals surface area contributed by atoms with Gasteiger partial charge in [0.15, 0.2) is 0 Å². The van der Waals surface area contributed by atoms with Crippen LogP contribution in [0.4, 0.5) is 0 Å². The number of benzene rings is 1. The molecule has 0 heterocycles. The van der Waals surface area contributed by atoms with Crippen LogP contribution in [0.15, 0.2) is 36.9 Å². The third-order valence-corrected chi connectivity index (χ3v) is 2.35. The zero-order valence-corrected chi connectivity index (χ0v) is 10.7. The molecule has 1 aromatic carbocycles. The van der Waals surface area contributed by atoms with Crippen molar-refractivity contribution in [3.8, 4) is 18.1 Å². The van der Waals surface area contributed by atoms with E-state index < -0.39 is 12.0 Å². The molecule has 0 bridgehead atoms. The van der Waals surface area contributed by atoms with Crippen molar-refractivity contribution < 1.29 is 14.3 Å². The highest BCUT2D eigenvalue weighted by Gasteiger charge is 2.15. The van der Waals surface area contributed by atoms with Gasteiger partial charge >= 0.3 is 5.97 Å². The molecular weight excluding hydrogens is 242 g/mol. The van der Waals surface area contributed by atoms with Crippen molar-refractivity contribution in [3.63, 3.8) is 0 Å². The molecule has 0 amide bonds. The van der Waals surface area contributed by atoms with Gasteiger partial charge in [-0.3, -0.25) is 4.79 Å². The highest BCUT2D eigenvalue weighted by atomic mass is 16.5. The lowest BCUT2D eigenvalue weighted by Crippen LogP contribution is -2.34. The van der Waals surface area contributed by atoms with Gasteiger partial charge in [-0.15, -0.1) is 6.42 Å². The molecule has 4 heteroatoms. The lowest BCUT2D eigenvalue weighted by Gasteiger charge is -2.11. The Hall–Kier alpha value is -2.25. The first-order valence-electron chi connectivity index (χ1n) is 5.85. The minimum Gasteiger partial charge on any atom is -0.481 e. The van der Waals surface area contributed by atoms with E-state index in [2.05, 4.69) is 12.5 Å². The van der Waals surface area contributed by atoms with E-state index in [0.29, 0.717) is 12.2 Å². The van der Waals surface area contributed by atoms with E-state index >= 15 is 0 Å². The number of carbonyl (C=O) groups is 1. The predicted molar refractivity (Wildman–Crippen MR) is 73.6 cm³/mol. The number of carbonyl (C=O) groups excluding carboxylic acids is 1. The summed E-state index contributed by atoms with van der Waals surface area (Å²) in [5.74, 6) is 2.63. The summed E-state index contributed by atoms with van der Waals surface area (Å²) in [6, 6.07) is 6.57. The van der Waals surface area contributed by atoms with Gasteiger partial charge in [-0.25, -0.2) is 0 Å². The van der Waals surface area contributed by atoms with Crippen LogP contribution in [0, 0.1) is 12.3 Å². The number of terminal acetylenes is 1. The zero-order chi connectivity index (χ0) is 14.1. The molecule has 0 radical (unpaired) electrons. The first-order valence-corrected chi connectivity index (χ1v) is 5.85. The summed E-state index contributed by atoms with van der Waals surface area (Å²) in [5.41, 5.74) is 6.67. The first-order chi connectivity index (χ1) is 9.17.